The average molecular weight is 177 g/mol. The first kappa shape index (κ1) is 10.6. The van der Waals surface area contributed by atoms with Crippen molar-refractivity contribution < 1.29 is 0 Å². The Morgan fingerprint density at radius 3 is 2.38 bits per heavy atom. The number of allylic oxidation sites excluding steroid dienone is 4. The Morgan fingerprint density at radius 2 is 1.69 bits per heavy atom. The van der Waals surface area contributed by atoms with Crippen molar-refractivity contribution in [3.05, 3.63) is 29.7 Å². The summed E-state index contributed by atoms with van der Waals surface area (Å²) < 4.78 is 0. The standard InChI is InChI=1S/C13H21/c1-3-5-8-12-10-7-11-13(12)9-6-4-2/h7,10-11H,3-6,8-9H2,1-2H3. The number of hydrogen-bond acceptors (Lipinski definition) is 0. The Kier molecular flexibility index (Phi) is 4.88. The normalized spacial score (nSPS) is 16.6. The first-order valence-electron chi connectivity index (χ1n) is 5.62. The third-order valence-electron chi connectivity index (χ3n) is 2.61. The van der Waals surface area contributed by atoms with Gasteiger partial charge in [-0.3, -0.25) is 0 Å². The van der Waals surface area contributed by atoms with E-state index in [1.807, 2.05) is 0 Å². The van der Waals surface area contributed by atoms with Crippen molar-refractivity contribution in [2.75, 3.05) is 0 Å². The van der Waals surface area contributed by atoms with Crippen LogP contribution in [-0.4, -0.2) is 0 Å². The van der Waals surface area contributed by atoms with E-state index in [-0.39, 0.29) is 0 Å². The Bertz CT molecular complexity index is 186. The molecule has 1 rings (SSSR count). The zero-order valence-electron chi connectivity index (χ0n) is 8.97. The maximum atomic E-state index is 2.29. The molecule has 0 aromatic heterocycles. The molecule has 0 saturated heterocycles. The fourth-order valence-electron chi connectivity index (χ4n) is 1.72. The van der Waals surface area contributed by atoms with Gasteiger partial charge in [-0.25, -0.2) is 0 Å². The molecule has 0 bridgehead atoms. The molecule has 0 aliphatic heterocycles. The summed E-state index contributed by atoms with van der Waals surface area (Å²) in [5.41, 5.74) is 1.59. The van der Waals surface area contributed by atoms with E-state index in [1.54, 1.807) is 11.5 Å². The van der Waals surface area contributed by atoms with Gasteiger partial charge in [0.05, 0.1) is 0 Å². The van der Waals surface area contributed by atoms with Crippen LogP contribution in [0.2, 0.25) is 0 Å². The number of rotatable bonds is 6. The van der Waals surface area contributed by atoms with E-state index in [0.717, 1.165) is 0 Å². The summed E-state index contributed by atoms with van der Waals surface area (Å²) in [6, 6.07) is 0. The van der Waals surface area contributed by atoms with E-state index >= 15 is 0 Å². The van der Waals surface area contributed by atoms with Crippen LogP contribution in [-0.2, 0) is 0 Å². The van der Waals surface area contributed by atoms with Gasteiger partial charge in [-0.05, 0) is 19.3 Å². The fourth-order valence-corrected chi connectivity index (χ4v) is 1.72. The van der Waals surface area contributed by atoms with Crippen LogP contribution in [0.25, 0.3) is 0 Å². The van der Waals surface area contributed by atoms with Crippen molar-refractivity contribution in [2.24, 2.45) is 0 Å². The highest BCUT2D eigenvalue weighted by Crippen LogP contribution is 2.30. The molecule has 0 unspecified atom stereocenters. The second-order valence-electron chi connectivity index (χ2n) is 3.78. The van der Waals surface area contributed by atoms with Crippen LogP contribution in [0.15, 0.2) is 23.8 Å². The molecule has 0 amide bonds. The molecule has 1 radical (unpaired) electrons. The van der Waals surface area contributed by atoms with Crippen LogP contribution in [0.4, 0.5) is 0 Å². The average Bonchev–Trinajstić information content (AvgIpc) is 2.59. The fraction of sp³-hybridized carbons (Fsp3) is 0.615. The highest BCUT2D eigenvalue weighted by molar-refractivity contribution is 5.42. The van der Waals surface area contributed by atoms with E-state index in [9.17, 15) is 0 Å². The molecular formula is C13H21. The molecule has 73 valence electrons. The van der Waals surface area contributed by atoms with Gasteiger partial charge < -0.3 is 0 Å². The van der Waals surface area contributed by atoms with E-state index in [1.165, 1.54) is 38.5 Å². The zero-order chi connectivity index (χ0) is 9.52. The summed E-state index contributed by atoms with van der Waals surface area (Å²) in [4.78, 5) is 0. The number of unbranched alkanes of at least 4 members (excludes halogenated alkanes) is 2. The Labute approximate surface area is 82.7 Å². The van der Waals surface area contributed by atoms with E-state index < -0.39 is 0 Å². The first-order chi connectivity index (χ1) is 6.38. The van der Waals surface area contributed by atoms with Crippen LogP contribution < -0.4 is 0 Å². The highest BCUT2D eigenvalue weighted by atomic mass is 14.2. The maximum Gasteiger partial charge on any atom is 0.0225 e. The Morgan fingerprint density at radius 1 is 1.00 bits per heavy atom. The molecule has 0 atom stereocenters. The molecule has 1 aliphatic rings. The summed E-state index contributed by atoms with van der Waals surface area (Å²) in [6.07, 6.45) is 14.6. The van der Waals surface area contributed by atoms with Gasteiger partial charge in [0.2, 0.25) is 0 Å². The molecule has 0 spiro atoms. The third-order valence-corrected chi connectivity index (χ3v) is 2.61. The van der Waals surface area contributed by atoms with Gasteiger partial charge in [-0.1, -0.05) is 56.9 Å². The molecule has 1 aliphatic carbocycles. The van der Waals surface area contributed by atoms with E-state index in [0.29, 0.717) is 0 Å². The molecule has 13 heavy (non-hydrogen) atoms. The SMILES string of the molecule is CCCC[C]1C=CC=C1CCCC. The second-order valence-corrected chi connectivity index (χ2v) is 3.78. The zero-order valence-corrected chi connectivity index (χ0v) is 8.97. The summed E-state index contributed by atoms with van der Waals surface area (Å²) >= 11 is 0. The largest absolute Gasteiger partial charge is 0.0731 e. The molecule has 0 nitrogen and oxygen atoms in total. The minimum Gasteiger partial charge on any atom is -0.0731 e. The van der Waals surface area contributed by atoms with Crippen LogP contribution >= 0.6 is 0 Å². The third kappa shape index (κ3) is 3.38. The lowest BCUT2D eigenvalue weighted by Crippen LogP contribution is -1.95. The molecule has 0 aromatic carbocycles. The van der Waals surface area contributed by atoms with Crippen molar-refractivity contribution in [1.29, 1.82) is 0 Å². The van der Waals surface area contributed by atoms with Crippen LogP contribution in [0.1, 0.15) is 52.4 Å². The van der Waals surface area contributed by atoms with Crippen molar-refractivity contribution in [2.45, 2.75) is 52.4 Å². The predicted molar refractivity (Wildman–Crippen MR) is 59.5 cm³/mol. The summed E-state index contributed by atoms with van der Waals surface area (Å²) in [5, 5.41) is 0. The van der Waals surface area contributed by atoms with Gasteiger partial charge in [0.1, 0.15) is 0 Å². The minimum absolute atomic E-state index is 1.28. The lowest BCUT2D eigenvalue weighted by molar-refractivity contribution is 0.725. The molecular weight excluding hydrogens is 156 g/mol. The van der Waals surface area contributed by atoms with E-state index in [4.69, 9.17) is 0 Å². The van der Waals surface area contributed by atoms with Crippen molar-refractivity contribution in [1.82, 2.24) is 0 Å². The lowest BCUT2D eigenvalue weighted by Gasteiger charge is -2.11. The summed E-state index contributed by atoms with van der Waals surface area (Å²) in [7, 11) is 0. The smallest absolute Gasteiger partial charge is 0.0225 e. The summed E-state index contributed by atoms with van der Waals surface area (Å²) in [5.74, 6) is 1.59. The predicted octanol–water partition coefficient (Wildman–Crippen LogP) is 4.44. The van der Waals surface area contributed by atoms with Gasteiger partial charge in [0.15, 0.2) is 0 Å². The summed E-state index contributed by atoms with van der Waals surface area (Å²) in [6.45, 7) is 4.52. The van der Waals surface area contributed by atoms with E-state index in [2.05, 4.69) is 32.1 Å². The van der Waals surface area contributed by atoms with Gasteiger partial charge in [0.25, 0.3) is 0 Å². The minimum atomic E-state index is 1.28. The van der Waals surface area contributed by atoms with Crippen LogP contribution in [0, 0.1) is 5.92 Å². The van der Waals surface area contributed by atoms with Crippen molar-refractivity contribution in [3.8, 4) is 0 Å². The van der Waals surface area contributed by atoms with Crippen molar-refractivity contribution >= 4 is 0 Å². The Hall–Kier alpha value is -0.520. The molecule has 0 heteroatoms. The molecule has 0 heterocycles. The van der Waals surface area contributed by atoms with Crippen molar-refractivity contribution in [3.63, 3.8) is 0 Å². The Balaban J connectivity index is 2.28. The van der Waals surface area contributed by atoms with Gasteiger partial charge in [-0.2, -0.15) is 0 Å². The lowest BCUT2D eigenvalue weighted by atomic mass is 9.93. The second kappa shape index (κ2) is 6.01. The van der Waals surface area contributed by atoms with Crippen LogP contribution in [0.3, 0.4) is 0 Å². The van der Waals surface area contributed by atoms with Gasteiger partial charge >= 0.3 is 0 Å². The monoisotopic (exact) mass is 177 g/mol. The first-order valence-corrected chi connectivity index (χ1v) is 5.62. The molecule has 0 N–H and O–H groups in total. The van der Waals surface area contributed by atoms with Gasteiger partial charge in [0, 0.05) is 5.92 Å². The number of hydrogen-bond donors (Lipinski definition) is 0. The van der Waals surface area contributed by atoms with Gasteiger partial charge in [-0.15, -0.1) is 0 Å². The maximum absolute atomic E-state index is 2.29. The molecule has 0 fully saturated rings. The topological polar surface area (TPSA) is 0 Å². The molecule has 0 saturated carbocycles. The quantitative estimate of drug-likeness (QED) is 0.562. The molecule has 0 aromatic rings. The highest BCUT2D eigenvalue weighted by Gasteiger charge is 2.13. The van der Waals surface area contributed by atoms with Crippen LogP contribution in [0.5, 0.6) is 0 Å².